The topological polar surface area (TPSA) is 92.7 Å². The first-order valence-corrected chi connectivity index (χ1v) is 5.03. The van der Waals surface area contributed by atoms with Gasteiger partial charge < -0.3 is 21.3 Å². The molecule has 0 aliphatic carbocycles. The highest BCUT2D eigenvalue weighted by molar-refractivity contribution is 5.82. The zero-order valence-corrected chi connectivity index (χ0v) is 8.98. The number of likely N-dealkylation sites (N-methyl/N-ethyl adjacent to an activating group) is 1. The fourth-order valence-corrected chi connectivity index (χ4v) is 1.74. The minimum Gasteiger partial charge on any atom is -0.368 e. The van der Waals surface area contributed by atoms with Gasteiger partial charge in [0.15, 0.2) is 0 Å². The number of amides is 3. The largest absolute Gasteiger partial charge is 0.368 e. The SMILES string of the molecule is CN(CC(N)=O)C(=O)N1CCC(CN)C1. The molecule has 1 saturated heterocycles. The van der Waals surface area contributed by atoms with Crippen LogP contribution in [0.15, 0.2) is 0 Å². The van der Waals surface area contributed by atoms with Crippen molar-refractivity contribution in [1.29, 1.82) is 0 Å². The van der Waals surface area contributed by atoms with Crippen molar-refractivity contribution in [3.63, 3.8) is 0 Å². The molecule has 0 aromatic rings. The second kappa shape index (κ2) is 4.97. The van der Waals surface area contributed by atoms with Crippen molar-refractivity contribution in [3.05, 3.63) is 0 Å². The van der Waals surface area contributed by atoms with Crippen molar-refractivity contribution in [2.45, 2.75) is 6.42 Å². The lowest BCUT2D eigenvalue weighted by Gasteiger charge is -2.23. The highest BCUT2D eigenvalue weighted by atomic mass is 16.2. The third-order valence-electron chi connectivity index (χ3n) is 2.61. The Balaban J connectivity index is 2.44. The molecule has 4 N–H and O–H groups in total. The molecule has 1 atom stereocenters. The molecule has 6 nitrogen and oxygen atoms in total. The number of carbonyl (C=O) groups excluding carboxylic acids is 2. The summed E-state index contributed by atoms with van der Waals surface area (Å²) in [5.41, 5.74) is 10.5. The zero-order valence-electron chi connectivity index (χ0n) is 8.98. The molecule has 0 bridgehead atoms. The van der Waals surface area contributed by atoms with Gasteiger partial charge in [0.05, 0.1) is 0 Å². The van der Waals surface area contributed by atoms with Crippen LogP contribution in [0.5, 0.6) is 0 Å². The van der Waals surface area contributed by atoms with E-state index in [9.17, 15) is 9.59 Å². The monoisotopic (exact) mass is 214 g/mol. The normalized spacial score (nSPS) is 20.4. The summed E-state index contributed by atoms with van der Waals surface area (Å²) in [5.74, 6) is -0.114. The van der Waals surface area contributed by atoms with Gasteiger partial charge in [-0.05, 0) is 18.9 Å². The van der Waals surface area contributed by atoms with E-state index < -0.39 is 5.91 Å². The van der Waals surface area contributed by atoms with Crippen LogP contribution < -0.4 is 11.5 Å². The van der Waals surface area contributed by atoms with Gasteiger partial charge in [-0.2, -0.15) is 0 Å². The predicted molar refractivity (Wildman–Crippen MR) is 56.0 cm³/mol. The van der Waals surface area contributed by atoms with E-state index in [1.165, 1.54) is 4.90 Å². The number of carbonyl (C=O) groups is 2. The van der Waals surface area contributed by atoms with Crippen LogP contribution in [0.25, 0.3) is 0 Å². The number of hydrogen-bond acceptors (Lipinski definition) is 3. The first kappa shape index (κ1) is 11.8. The first-order valence-electron chi connectivity index (χ1n) is 5.03. The van der Waals surface area contributed by atoms with Gasteiger partial charge in [0.1, 0.15) is 6.54 Å². The van der Waals surface area contributed by atoms with Gasteiger partial charge >= 0.3 is 6.03 Å². The number of likely N-dealkylation sites (tertiary alicyclic amines) is 1. The van der Waals surface area contributed by atoms with Crippen LogP contribution in [0.4, 0.5) is 4.79 Å². The number of hydrogen-bond donors (Lipinski definition) is 2. The summed E-state index contributed by atoms with van der Waals surface area (Å²) in [4.78, 5) is 25.4. The zero-order chi connectivity index (χ0) is 11.4. The van der Waals surface area contributed by atoms with Gasteiger partial charge in [0, 0.05) is 20.1 Å². The molecule has 1 rings (SSSR count). The van der Waals surface area contributed by atoms with E-state index in [4.69, 9.17) is 11.5 Å². The fourth-order valence-electron chi connectivity index (χ4n) is 1.74. The maximum absolute atomic E-state index is 11.7. The molecule has 1 heterocycles. The van der Waals surface area contributed by atoms with E-state index in [1.54, 1.807) is 11.9 Å². The Labute approximate surface area is 89.2 Å². The van der Waals surface area contributed by atoms with Crippen molar-refractivity contribution >= 4 is 11.9 Å². The van der Waals surface area contributed by atoms with Gasteiger partial charge in [0.25, 0.3) is 0 Å². The van der Waals surface area contributed by atoms with Crippen LogP contribution in [0.1, 0.15) is 6.42 Å². The van der Waals surface area contributed by atoms with E-state index in [2.05, 4.69) is 0 Å². The Bertz CT molecular complexity index is 256. The van der Waals surface area contributed by atoms with Gasteiger partial charge in [-0.1, -0.05) is 0 Å². The summed E-state index contributed by atoms with van der Waals surface area (Å²) in [7, 11) is 1.57. The summed E-state index contributed by atoms with van der Waals surface area (Å²) in [6.45, 7) is 1.95. The molecule has 0 saturated carbocycles. The second-order valence-electron chi connectivity index (χ2n) is 3.94. The Morgan fingerprint density at radius 2 is 2.20 bits per heavy atom. The smallest absolute Gasteiger partial charge is 0.320 e. The molecule has 3 amide bonds. The van der Waals surface area contributed by atoms with Crippen molar-refractivity contribution in [3.8, 4) is 0 Å². The van der Waals surface area contributed by atoms with Gasteiger partial charge in [-0.25, -0.2) is 4.79 Å². The van der Waals surface area contributed by atoms with Crippen LogP contribution in [-0.2, 0) is 4.79 Å². The van der Waals surface area contributed by atoms with Crippen molar-refractivity contribution in [2.75, 3.05) is 33.2 Å². The van der Waals surface area contributed by atoms with Crippen LogP contribution in [0.2, 0.25) is 0 Å². The third-order valence-corrected chi connectivity index (χ3v) is 2.61. The summed E-state index contributed by atoms with van der Waals surface area (Å²) in [6.07, 6.45) is 0.937. The van der Waals surface area contributed by atoms with Crippen LogP contribution in [0, 0.1) is 5.92 Å². The molecule has 86 valence electrons. The summed E-state index contributed by atoms with van der Waals surface area (Å²) in [6, 6.07) is -0.148. The molecule has 1 unspecified atom stereocenters. The minimum absolute atomic E-state index is 0.0391. The summed E-state index contributed by atoms with van der Waals surface area (Å²) in [5, 5.41) is 0. The van der Waals surface area contributed by atoms with E-state index in [0.717, 1.165) is 6.42 Å². The van der Waals surface area contributed by atoms with E-state index in [0.29, 0.717) is 25.6 Å². The Morgan fingerprint density at radius 3 is 2.67 bits per heavy atom. The number of nitrogens with zero attached hydrogens (tertiary/aromatic N) is 2. The predicted octanol–water partition coefficient (Wildman–Crippen LogP) is -1.20. The lowest BCUT2D eigenvalue weighted by molar-refractivity contribution is -0.118. The van der Waals surface area contributed by atoms with E-state index in [1.807, 2.05) is 0 Å². The number of nitrogens with two attached hydrogens (primary N) is 2. The lowest BCUT2D eigenvalue weighted by atomic mass is 10.1. The quantitative estimate of drug-likeness (QED) is 0.618. The minimum atomic E-state index is -0.500. The Kier molecular flexibility index (Phi) is 3.90. The van der Waals surface area contributed by atoms with Gasteiger partial charge in [-0.3, -0.25) is 4.79 Å². The second-order valence-corrected chi connectivity index (χ2v) is 3.94. The van der Waals surface area contributed by atoms with Crippen LogP contribution >= 0.6 is 0 Å². The van der Waals surface area contributed by atoms with Crippen molar-refractivity contribution in [2.24, 2.45) is 17.4 Å². The van der Waals surface area contributed by atoms with Crippen molar-refractivity contribution < 1.29 is 9.59 Å². The lowest BCUT2D eigenvalue weighted by Crippen LogP contribution is -2.43. The Hall–Kier alpha value is -1.30. The van der Waals surface area contributed by atoms with E-state index in [-0.39, 0.29) is 12.6 Å². The maximum atomic E-state index is 11.7. The molecule has 0 radical (unpaired) electrons. The van der Waals surface area contributed by atoms with Gasteiger partial charge in [0.2, 0.25) is 5.91 Å². The van der Waals surface area contributed by atoms with Crippen LogP contribution in [0.3, 0.4) is 0 Å². The molecule has 1 fully saturated rings. The first-order chi connectivity index (χ1) is 7.04. The average molecular weight is 214 g/mol. The summed E-state index contributed by atoms with van der Waals surface area (Å²) >= 11 is 0. The fraction of sp³-hybridized carbons (Fsp3) is 0.778. The number of urea groups is 1. The molecule has 6 heteroatoms. The van der Waals surface area contributed by atoms with Gasteiger partial charge in [-0.15, -0.1) is 0 Å². The molecular formula is C9H18N4O2. The molecule has 1 aliphatic rings. The standard InChI is InChI=1S/C9H18N4O2/c1-12(6-8(11)14)9(15)13-3-2-7(4-10)5-13/h7H,2-6,10H2,1H3,(H2,11,14). The molecular weight excluding hydrogens is 196 g/mol. The van der Waals surface area contributed by atoms with Crippen LogP contribution in [-0.4, -0.2) is 55.0 Å². The number of primary amides is 1. The molecule has 0 aromatic carbocycles. The molecule has 15 heavy (non-hydrogen) atoms. The Morgan fingerprint density at radius 1 is 1.53 bits per heavy atom. The highest BCUT2D eigenvalue weighted by Gasteiger charge is 2.27. The highest BCUT2D eigenvalue weighted by Crippen LogP contribution is 2.15. The maximum Gasteiger partial charge on any atom is 0.320 e. The van der Waals surface area contributed by atoms with Crippen molar-refractivity contribution in [1.82, 2.24) is 9.80 Å². The van der Waals surface area contributed by atoms with E-state index >= 15 is 0 Å². The molecule has 0 spiro atoms. The summed E-state index contributed by atoms with van der Waals surface area (Å²) < 4.78 is 0. The molecule has 1 aliphatic heterocycles. The number of rotatable bonds is 3. The average Bonchev–Trinajstić information content (AvgIpc) is 2.63. The molecule has 0 aromatic heterocycles. The third kappa shape index (κ3) is 3.09.